The molecule has 1 heterocycles. The predicted molar refractivity (Wildman–Crippen MR) is 74.6 cm³/mol. The van der Waals surface area contributed by atoms with Crippen molar-refractivity contribution in [2.24, 2.45) is 0 Å². The van der Waals surface area contributed by atoms with Crippen molar-refractivity contribution >= 4 is 40.8 Å². The van der Waals surface area contributed by atoms with E-state index in [1.165, 1.54) is 6.20 Å². The van der Waals surface area contributed by atoms with E-state index in [-0.39, 0.29) is 43.8 Å². The molecule has 0 amide bonds. The average Bonchev–Trinajstić information content (AvgIpc) is 2.68. The maximum atomic E-state index is 12.3. The van der Waals surface area contributed by atoms with Gasteiger partial charge >= 0.3 is 5.51 Å². The molecule has 10 heteroatoms. The van der Waals surface area contributed by atoms with Crippen molar-refractivity contribution in [2.45, 2.75) is 10.4 Å². The number of nitrogens with zero attached hydrogens (tertiary/aromatic N) is 3. The van der Waals surface area contributed by atoms with Crippen molar-refractivity contribution in [3.63, 3.8) is 0 Å². The molecule has 0 aliphatic rings. The van der Waals surface area contributed by atoms with Crippen LogP contribution in [0.15, 0.2) is 23.2 Å². The molecule has 21 heavy (non-hydrogen) atoms. The Hall–Kier alpha value is -1.56. The van der Waals surface area contributed by atoms with Crippen LogP contribution in [0, 0.1) is 11.3 Å². The van der Waals surface area contributed by atoms with Crippen LogP contribution in [0.25, 0.3) is 5.69 Å². The predicted octanol–water partition coefficient (Wildman–Crippen LogP) is 4.24. The van der Waals surface area contributed by atoms with Crippen LogP contribution >= 0.6 is 35.0 Å². The Morgan fingerprint density at radius 1 is 1.29 bits per heavy atom. The third-order valence-corrected chi connectivity index (χ3v) is 3.64. The van der Waals surface area contributed by atoms with Gasteiger partial charge in [-0.2, -0.15) is 23.5 Å². The molecule has 0 bridgehead atoms. The lowest BCUT2D eigenvalue weighted by Gasteiger charge is -2.12. The molecule has 0 unspecified atom stereocenters. The van der Waals surface area contributed by atoms with E-state index >= 15 is 0 Å². The monoisotopic (exact) mass is 352 g/mol. The quantitative estimate of drug-likeness (QED) is 0.820. The van der Waals surface area contributed by atoms with Crippen LogP contribution in [0.4, 0.5) is 19.0 Å². The standard InChI is InChI=1S/C11H5Cl2F3N4S/c12-7-1-6(21-11(14,15)16)2-8(13)9(7)20-10(18)5(3-17)4-19-20/h1-2,4H,18H2. The van der Waals surface area contributed by atoms with Gasteiger partial charge in [0.25, 0.3) is 0 Å². The van der Waals surface area contributed by atoms with Gasteiger partial charge in [-0.05, 0) is 23.9 Å². The number of rotatable bonds is 2. The van der Waals surface area contributed by atoms with E-state index in [2.05, 4.69) is 5.10 Å². The number of hydrogen-bond donors (Lipinski definition) is 1. The van der Waals surface area contributed by atoms with Gasteiger partial charge in [-0.15, -0.1) is 0 Å². The van der Waals surface area contributed by atoms with Gasteiger partial charge in [0, 0.05) is 4.90 Å². The minimum absolute atomic E-state index is 0.00229. The van der Waals surface area contributed by atoms with E-state index in [4.69, 9.17) is 34.2 Å². The summed E-state index contributed by atoms with van der Waals surface area (Å²) in [6, 6.07) is 4.03. The fourth-order valence-electron chi connectivity index (χ4n) is 1.56. The molecular weight excluding hydrogens is 348 g/mol. The summed E-state index contributed by atoms with van der Waals surface area (Å²) in [5, 5.41) is 12.5. The van der Waals surface area contributed by atoms with Gasteiger partial charge in [0.1, 0.15) is 23.1 Å². The molecule has 0 aliphatic carbocycles. The summed E-state index contributed by atoms with van der Waals surface area (Å²) in [5.74, 6) is -0.00229. The summed E-state index contributed by atoms with van der Waals surface area (Å²) < 4.78 is 38.1. The summed E-state index contributed by atoms with van der Waals surface area (Å²) in [7, 11) is 0. The van der Waals surface area contributed by atoms with E-state index in [9.17, 15) is 13.2 Å². The fourth-order valence-corrected chi connectivity index (χ4v) is 2.96. The first-order valence-electron chi connectivity index (χ1n) is 5.21. The van der Waals surface area contributed by atoms with Crippen molar-refractivity contribution in [3.05, 3.63) is 33.9 Å². The van der Waals surface area contributed by atoms with E-state index in [1.54, 1.807) is 0 Å². The molecule has 4 nitrogen and oxygen atoms in total. The summed E-state index contributed by atoms with van der Waals surface area (Å²) in [4.78, 5) is -0.160. The Balaban J connectivity index is 2.51. The van der Waals surface area contributed by atoms with Crippen LogP contribution in [0.1, 0.15) is 5.56 Å². The number of aromatic nitrogens is 2. The van der Waals surface area contributed by atoms with E-state index in [0.717, 1.165) is 16.8 Å². The van der Waals surface area contributed by atoms with E-state index in [1.807, 2.05) is 6.07 Å². The topological polar surface area (TPSA) is 67.6 Å². The highest BCUT2D eigenvalue weighted by atomic mass is 35.5. The summed E-state index contributed by atoms with van der Waals surface area (Å²) >= 11 is 11.6. The van der Waals surface area contributed by atoms with E-state index in [0.29, 0.717) is 0 Å². The van der Waals surface area contributed by atoms with Crippen molar-refractivity contribution in [3.8, 4) is 11.8 Å². The number of thioether (sulfide) groups is 1. The van der Waals surface area contributed by atoms with Gasteiger partial charge in [0.15, 0.2) is 0 Å². The second kappa shape index (κ2) is 5.67. The van der Waals surface area contributed by atoms with E-state index < -0.39 is 5.51 Å². The Morgan fingerprint density at radius 3 is 2.29 bits per heavy atom. The molecule has 1 aromatic carbocycles. The van der Waals surface area contributed by atoms with Gasteiger partial charge in [-0.3, -0.25) is 0 Å². The van der Waals surface area contributed by atoms with Gasteiger partial charge in [0.2, 0.25) is 0 Å². The molecule has 2 rings (SSSR count). The van der Waals surface area contributed by atoms with Gasteiger partial charge < -0.3 is 5.73 Å². The summed E-state index contributed by atoms with van der Waals surface area (Å²) in [6.07, 6.45) is 1.21. The minimum Gasteiger partial charge on any atom is -0.382 e. The number of nitriles is 1. The Bertz CT molecular complexity index is 713. The van der Waals surface area contributed by atoms with Crippen molar-refractivity contribution in [1.29, 1.82) is 5.26 Å². The largest absolute Gasteiger partial charge is 0.446 e. The van der Waals surface area contributed by atoms with Gasteiger partial charge in [0.05, 0.1) is 16.2 Å². The smallest absolute Gasteiger partial charge is 0.382 e. The fraction of sp³-hybridized carbons (Fsp3) is 0.0909. The molecule has 2 aromatic rings. The van der Waals surface area contributed by atoms with Crippen LogP contribution in [0.3, 0.4) is 0 Å². The number of anilines is 1. The zero-order chi connectivity index (χ0) is 15.8. The molecule has 2 N–H and O–H groups in total. The molecule has 0 atom stereocenters. The number of nitrogens with two attached hydrogens (primary N) is 1. The first-order chi connectivity index (χ1) is 9.73. The van der Waals surface area contributed by atoms with Crippen LogP contribution in [-0.2, 0) is 0 Å². The Labute approximate surface area is 131 Å². The van der Waals surface area contributed by atoms with Crippen LogP contribution < -0.4 is 5.73 Å². The third-order valence-electron chi connectivity index (χ3n) is 2.36. The molecule has 0 saturated carbocycles. The molecular formula is C11H5Cl2F3N4S. The summed E-state index contributed by atoms with van der Waals surface area (Å²) in [5.41, 5.74) is 1.47. The Kier molecular flexibility index (Phi) is 4.27. The molecule has 0 fully saturated rings. The third kappa shape index (κ3) is 3.37. The number of hydrogen-bond acceptors (Lipinski definition) is 4. The zero-order valence-electron chi connectivity index (χ0n) is 9.95. The zero-order valence-corrected chi connectivity index (χ0v) is 12.3. The number of alkyl halides is 3. The first-order valence-corrected chi connectivity index (χ1v) is 6.79. The highest BCUT2D eigenvalue weighted by molar-refractivity contribution is 8.00. The van der Waals surface area contributed by atoms with Gasteiger partial charge in [-0.25, -0.2) is 4.68 Å². The molecule has 0 radical (unpaired) electrons. The SMILES string of the molecule is N#Cc1cnn(-c2c(Cl)cc(SC(F)(F)F)cc2Cl)c1N. The summed E-state index contributed by atoms with van der Waals surface area (Å²) in [6.45, 7) is 0. The first kappa shape index (κ1) is 15.8. The van der Waals surface area contributed by atoms with Crippen molar-refractivity contribution < 1.29 is 13.2 Å². The molecule has 110 valence electrons. The number of nitrogen functional groups attached to an aromatic ring is 1. The highest BCUT2D eigenvalue weighted by Crippen LogP contribution is 2.41. The maximum Gasteiger partial charge on any atom is 0.446 e. The number of halogens is 5. The second-order valence-electron chi connectivity index (χ2n) is 3.75. The number of benzene rings is 1. The molecule has 0 saturated heterocycles. The second-order valence-corrected chi connectivity index (χ2v) is 5.70. The highest BCUT2D eigenvalue weighted by Gasteiger charge is 2.30. The molecule has 0 spiro atoms. The van der Waals surface area contributed by atoms with Crippen LogP contribution in [0.2, 0.25) is 10.0 Å². The molecule has 1 aromatic heterocycles. The van der Waals surface area contributed by atoms with Gasteiger partial charge in [-0.1, -0.05) is 23.2 Å². The lowest BCUT2D eigenvalue weighted by molar-refractivity contribution is -0.0328. The molecule has 0 aliphatic heterocycles. The van der Waals surface area contributed by atoms with Crippen LogP contribution in [-0.4, -0.2) is 15.3 Å². The Morgan fingerprint density at radius 2 is 1.86 bits per heavy atom. The van der Waals surface area contributed by atoms with Crippen molar-refractivity contribution in [1.82, 2.24) is 9.78 Å². The maximum absolute atomic E-state index is 12.3. The average molecular weight is 353 g/mol. The lowest BCUT2D eigenvalue weighted by Crippen LogP contribution is -2.05. The van der Waals surface area contributed by atoms with Crippen LogP contribution in [0.5, 0.6) is 0 Å². The normalized spacial score (nSPS) is 11.4. The minimum atomic E-state index is -4.45. The van der Waals surface area contributed by atoms with Crippen molar-refractivity contribution in [2.75, 3.05) is 5.73 Å². The lowest BCUT2D eigenvalue weighted by atomic mass is 10.3.